The Hall–Kier alpha value is -2.60. The van der Waals surface area contributed by atoms with E-state index in [2.05, 4.69) is 26.1 Å². The van der Waals surface area contributed by atoms with Gasteiger partial charge in [0, 0.05) is 40.3 Å². The lowest BCUT2D eigenvalue weighted by molar-refractivity contribution is 0.317. The lowest BCUT2D eigenvalue weighted by Gasteiger charge is -2.20. The first-order valence-corrected chi connectivity index (χ1v) is 9.11. The number of nitrogens with zero attached hydrogens (tertiary/aromatic N) is 2. The van der Waals surface area contributed by atoms with Crippen LogP contribution >= 0.6 is 15.9 Å². The Morgan fingerprint density at radius 2 is 1.85 bits per heavy atom. The van der Waals surface area contributed by atoms with Crippen molar-refractivity contribution in [2.24, 2.45) is 5.16 Å². The SMILES string of the molecule is Cc1cc(/C(CC(c2ccc(Br)cc2)c2ccc(F)cc2F)=N\O)ccn1. The molecule has 0 spiro atoms. The molecule has 2 aromatic carbocycles. The Balaban J connectivity index is 2.05. The van der Waals surface area contributed by atoms with Gasteiger partial charge in [-0.3, -0.25) is 4.98 Å². The lowest BCUT2D eigenvalue weighted by Crippen LogP contribution is -2.12. The number of rotatable bonds is 5. The number of hydrogen-bond donors (Lipinski definition) is 1. The number of pyridine rings is 1. The zero-order valence-corrected chi connectivity index (χ0v) is 16.1. The molecule has 27 heavy (non-hydrogen) atoms. The smallest absolute Gasteiger partial charge is 0.129 e. The minimum absolute atomic E-state index is 0.240. The van der Waals surface area contributed by atoms with E-state index in [-0.39, 0.29) is 6.42 Å². The van der Waals surface area contributed by atoms with Gasteiger partial charge in [-0.15, -0.1) is 0 Å². The first kappa shape index (κ1) is 19.2. The molecule has 0 aliphatic heterocycles. The van der Waals surface area contributed by atoms with Crippen molar-refractivity contribution in [1.29, 1.82) is 0 Å². The fraction of sp³-hybridized carbons (Fsp3) is 0.143. The predicted molar refractivity (Wildman–Crippen MR) is 104 cm³/mol. The van der Waals surface area contributed by atoms with E-state index in [4.69, 9.17) is 0 Å². The highest BCUT2D eigenvalue weighted by Crippen LogP contribution is 2.32. The normalized spacial score (nSPS) is 12.8. The number of benzene rings is 2. The molecule has 3 nitrogen and oxygen atoms in total. The molecule has 0 bridgehead atoms. The summed E-state index contributed by atoms with van der Waals surface area (Å²) in [6, 6.07) is 14.5. The van der Waals surface area contributed by atoms with Crippen LogP contribution in [0.15, 0.2) is 70.4 Å². The van der Waals surface area contributed by atoms with Crippen LogP contribution in [0.4, 0.5) is 8.78 Å². The number of hydrogen-bond acceptors (Lipinski definition) is 3. The molecular formula is C21H17BrF2N2O. The molecule has 1 heterocycles. The summed E-state index contributed by atoms with van der Waals surface area (Å²) in [6.45, 7) is 1.84. The topological polar surface area (TPSA) is 45.5 Å². The van der Waals surface area contributed by atoms with E-state index in [1.807, 2.05) is 31.2 Å². The molecule has 3 rings (SSSR count). The molecule has 0 radical (unpaired) electrons. The molecule has 0 saturated heterocycles. The largest absolute Gasteiger partial charge is 0.411 e. The molecule has 0 fully saturated rings. The third-order valence-electron chi connectivity index (χ3n) is 4.36. The molecule has 0 aliphatic carbocycles. The van der Waals surface area contributed by atoms with Gasteiger partial charge in [0.15, 0.2) is 0 Å². The van der Waals surface area contributed by atoms with Crippen molar-refractivity contribution in [3.63, 3.8) is 0 Å². The van der Waals surface area contributed by atoms with Crippen molar-refractivity contribution >= 4 is 21.6 Å². The van der Waals surface area contributed by atoms with Crippen molar-refractivity contribution in [3.05, 3.63) is 99.3 Å². The Bertz CT molecular complexity index is 974. The van der Waals surface area contributed by atoms with E-state index < -0.39 is 17.6 Å². The van der Waals surface area contributed by atoms with Gasteiger partial charge in [-0.1, -0.05) is 39.3 Å². The maximum Gasteiger partial charge on any atom is 0.129 e. The summed E-state index contributed by atoms with van der Waals surface area (Å²) in [6.07, 6.45) is 1.87. The summed E-state index contributed by atoms with van der Waals surface area (Å²) in [7, 11) is 0. The summed E-state index contributed by atoms with van der Waals surface area (Å²) in [5, 5.41) is 13.0. The number of oxime groups is 1. The van der Waals surface area contributed by atoms with E-state index in [9.17, 15) is 14.0 Å². The van der Waals surface area contributed by atoms with Gasteiger partial charge in [0.25, 0.3) is 0 Å². The monoisotopic (exact) mass is 430 g/mol. The number of aromatic nitrogens is 1. The maximum absolute atomic E-state index is 14.5. The molecule has 6 heteroatoms. The van der Waals surface area contributed by atoms with Crippen LogP contribution < -0.4 is 0 Å². The van der Waals surface area contributed by atoms with Crippen LogP contribution in [0.2, 0.25) is 0 Å². The molecule has 1 unspecified atom stereocenters. The maximum atomic E-state index is 14.5. The Morgan fingerprint density at radius 1 is 1.11 bits per heavy atom. The van der Waals surface area contributed by atoms with E-state index in [1.165, 1.54) is 12.1 Å². The lowest BCUT2D eigenvalue weighted by atomic mass is 9.85. The summed E-state index contributed by atoms with van der Waals surface area (Å²) in [5.74, 6) is -1.71. The third kappa shape index (κ3) is 4.57. The minimum Gasteiger partial charge on any atom is -0.411 e. The van der Waals surface area contributed by atoms with Crippen LogP contribution in [-0.2, 0) is 0 Å². The number of aryl methyl sites for hydroxylation is 1. The fourth-order valence-corrected chi connectivity index (χ4v) is 3.29. The summed E-state index contributed by atoms with van der Waals surface area (Å²) in [5.41, 5.74) is 3.05. The highest BCUT2D eigenvalue weighted by atomic mass is 79.9. The van der Waals surface area contributed by atoms with Gasteiger partial charge in [-0.05, 0) is 48.4 Å². The van der Waals surface area contributed by atoms with Gasteiger partial charge >= 0.3 is 0 Å². The van der Waals surface area contributed by atoms with Crippen molar-refractivity contribution in [3.8, 4) is 0 Å². The van der Waals surface area contributed by atoms with E-state index in [1.54, 1.807) is 18.3 Å². The van der Waals surface area contributed by atoms with E-state index in [0.717, 1.165) is 21.8 Å². The fourth-order valence-electron chi connectivity index (χ4n) is 3.02. The summed E-state index contributed by atoms with van der Waals surface area (Å²) < 4.78 is 28.8. The molecule has 1 N–H and O–H groups in total. The van der Waals surface area contributed by atoms with Gasteiger partial charge in [-0.2, -0.15) is 0 Å². The Kier molecular flexibility index (Phi) is 5.96. The predicted octanol–water partition coefficient (Wildman–Crippen LogP) is 5.83. The van der Waals surface area contributed by atoms with Crippen molar-refractivity contribution in [2.75, 3.05) is 0 Å². The average Bonchev–Trinajstić information content (AvgIpc) is 2.64. The van der Waals surface area contributed by atoms with Crippen LogP contribution in [0.3, 0.4) is 0 Å². The molecule has 1 atom stereocenters. The second-order valence-corrected chi connectivity index (χ2v) is 7.12. The molecule has 0 amide bonds. The van der Waals surface area contributed by atoms with Gasteiger partial charge in [0.05, 0.1) is 5.71 Å². The zero-order valence-electron chi connectivity index (χ0n) is 14.5. The minimum atomic E-state index is -0.633. The third-order valence-corrected chi connectivity index (χ3v) is 4.89. The van der Waals surface area contributed by atoms with Crippen LogP contribution in [0.1, 0.15) is 34.7 Å². The molecule has 0 saturated carbocycles. The molecule has 138 valence electrons. The highest BCUT2D eigenvalue weighted by Gasteiger charge is 2.22. The van der Waals surface area contributed by atoms with Crippen molar-refractivity contribution in [1.82, 2.24) is 4.98 Å². The first-order valence-electron chi connectivity index (χ1n) is 8.32. The van der Waals surface area contributed by atoms with E-state index in [0.29, 0.717) is 16.8 Å². The Morgan fingerprint density at radius 3 is 2.48 bits per heavy atom. The average molecular weight is 431 g/mol. The highest BCUT2D eigenvalue weighted by molar-refractivity contribution is 9.10. The molecule has 0 aliphatic rings. The second kappa shape index (κ2) is 8.39. The van der Waals surface area contributed by atoms with Gasteiger partial charge < -0.3 is 5.21 Å². The van der Waals surface area contributed by atoms with Crippen LogP contribution in [0.25, 0.3) is 0 Å². The quantitative estimate of drug-likeness (QED) is 0.314. The second-order valence-electron chi connectivity index (χ2n) is 6.21. The van der Waals surface area contributed by atoms with Crippen LogP contribution in [0, 0.1) is 18.6 Å². The van der Waals surface area contributed by atoms with Gasteiger partial charge in [0.2, 0.25) is 0 Å². The van der Waals surface area contributed by atoms with Crippen LogP contribution in [0.5, 0.6) is 0 Å². The van der Waals surface area contributed by atoms with E-state index >= 15 is 0 Å². The molecular weight excluding hydrogens is 414 g/mol. The van der Waals surface area contributed by atoms with Crippen molar-refractivity contribution < 1.29 is 14.0 Å². The summed E-state index contributed by atoms with van der Waals surface area (Å²) >= 11 is 3.39. The van der Waals surface area contributed by atoms with Crippen molar-refractivity contribution in [2.45, 2.75) is 19.3 Å². The molecule has 3 aromatic rings. The first-order chi connectivity index (χ1) is 13.0. The van der Waals surface area contributed by atoms with Crippen LogP contribution in [-0.4, -0.2) is 15.9 Å². The number of halogens is 3. The van der Waals surface area contributed by atoms with Gasteiger partial charge in [0.1, 0.15) is 11.6 Å². The Labute approximate surface area is 164 Å². The molecule has 1 aromatic heterocycles. The zero-order chi connectivity index (χ0) is 19.4. The summed E-state index contributed by atoms with van der Waals surface area (Å²) in [4.78, 5) is 4.14. The van der Waals surface area contributed by atoms with Gasteiger partial charge in [-0.25, -0.2) is 8.78 Å². The standard InChI is InChI=1S/C21H17BrF2N2O/c1-13-10-15(8-9-25-13)21(26-27)12-19(14-2-4-16(22)5-3-14)18-7-6-17(23)11-20(18)24/h2-11,19,27H,12H2,1H3/b26-21-.